The highest BCUT2D eigenvalue weighted by Crippen LogP contribution is 1.63. The van der Waals surface area contributed by atoms with Gasteiger partial charge in [0.05, 0.1) is 0 Å². The molecule has 0 bridgehead atoms. The van der Waals surface area contributed by atoms with E-state index in [9.17, 15) is 0 Å². The van der Waals surface area contributed by atoms with E-state index in [1.807, 2.05) is 13.0 Å². The summed E-state index contributed by atoms with van der Waals surface area (Å²) >= 11 is 0. The Balaban J connectivity index is 4.06. The van der Waals surface area contributed by atoms with Crippen molar-refractivity contribution in [1.82, 2.24) is 0 Å². The lowest BCUT2D eigenvalue weighted by Crippen LogP contribution is -1.53. The SMILES string of the molecule is C=CC#CC#CC#CC#CC=CC. The van der Waals surface area contributed by atoms with E-state index in [1.54, 1.807) is 6.08 Å². The van der Waals surface area contributed by atoms with Crippen molar-refractivity contribution in [2.75, 3.05) is 0 Å². The van der Waals surface area contributed by atoms with Crippen molar-refractivity contribution in [2.24, 2.45) is 0 Å². The molecule has 0 aliphatic carbocycles. The van der Waals surface area contributed by atoms with E-state index < -0.39 is 0 Å². The summed E-state index contributed by atoms with van der Waals surface area (Å²) in [5, 5.41) is 0. The molecule has 0 aromatic heterocycles. The van der Waals surface area contributed by atoms with Crippen molar-refractivity contribution in [3.05, 3.63) is 24.8 Å². The molecule has 0 saturated heterocycles. The first kappa shape index (κ1) is 10.7. The predicted molar refractivity (Wildman–Crippen MR) is 56.1 cm³/mol. The summed E-state index contributed by atoms with van der Waals surface area (Å²) in [5.41, 5.74) is 0. The maximum atomic E-state index is 3.42. The van der Waals surface area contributed by atoms with E-state index in [2.05, 4.69) is 53.9 Å². The minimum atomic E-state index is 1.48. The van der Waals surface area contributed by atoms with Gasteiger partial charge in [-0.05, 0) is 54.6 Å². The van der Waals surface area contributed by atoms with Gasteiger partial charge in [0.2, 0.25) is 0 Å². The Labute approximate surface area is 79.7 Å². The van der Waals surface area contributed by atoms with Crippen LogP contribution in [0.5, 0.6) is 0 Å². The molecule has 0 heteroatoms. The Bertz CT molecular complexity index is 417. The number of rotatable bonds is 0. The van der Waals surface area contributed by atoms with Crippen molar-refractivity contribution >= 4 is 0 Å². The van der Waals surface area contributed by atoms with Crippen LogP contribution in [0.2, 0.25) is 0 Å². The Morgan fingerprint density at radius 2 is 1.38 bits per heavy atom. The van der Waals surface area contributed by atoms with Gasteiger partial charge in [0.15, 0.2) is 0 Å². The molecule has 13 heavy (non-hydrogen) atoms. The molecule has 0 aliphatic rings. The fourth-order valence-corrected chi connectivity index (χ4v) is 0.373. The van der Waals surface area contributed by atoms with E-state index in [1.165, 1.54) is 6.08 Å². The van der Waals surface area contributed by atoms with E-state index in [0.29, 0.717) is 0 Å². The monoisotopic (exact) mass is 164 g/mol. The summed E-state index contributed by atoms with van der Waals surface area (Å²) in [5.74, 6) is 20.6. The summed E-state index contributed by atoms with van der Waals surface area (Å²) in [4.78, 5) is 0. The van der Waals surface area contributed by atoms with Crippen LogP contribution in [0.15, 0.2) is 24.8 Å². The van der Waals surface area contributed by atoms with Crippen LogP contribution in [0.1, 0.15) is 6.92 Å². The van der Waals surface area contributed by atoms with Gasteiger partial charge in [-0.1, -0.05) is 24.5 Å². The van der Waals surface area contributed by atoms with Crippen molar-refractivity contribution in [1.29, 1.82) is 0 Å². The molecule has 0 radical (unpaired) electrons. The molecular formula is C13H8. The lowest BCUT2D eigenvalue weighted by atomic mass is 10.5. The quantitative estimate of drug-likeness (QED) is 0.478. The average Bonchev–Trinajstić information content (AvgIpc) is 2.16. The number of allylic oxidation sites excluding steroid dienone is 3. The molecular weight excluding hydrogens is 156 g/mol. The van der Waals surface area contributed by atoms with E-state index in [0.717, 1.165) is 0 Å². The molecule has 0 fully saturated rings. The summed E-state index contributed by atoms with van der Waals surface area (Å²) in [7, 11) is 0. The first-order valence-electron chi connectivity index (χ1n) is 3.65. The maximum Gasteiger partial charge on any atom is -0.0000224 e. The van der Waals surface area contributed by atoms with Gasteiger partial charge in [0.25, 0.3) is 0 Å². The lowest BCUT2D eigenvalue weighted by molar-refractivity contribution is 1.76. The van der Waals surface area contributed by atoms with Crippen molar-refractivity contribution in [3.8, 4) is 47.4 Å². The molecule has 0 N–H and O–H groups in total. The third kappa shape index (κ3) is 9.72. The lowest BCUT2D eigenvalue weighted by Gasteiger charge is -1.58. The molecule has 0 heterocycles. The molecule has 0 saturated carbocycles. The van der Waals surface area contributed by atoms with Crippen molar-refractivity contribution in [3.63, 3.8) is 0 Å². The molecule has 0 amide bonds. The molecule has 0 aromatic carbocycles. The van der Waals surface area contributed by atoms with E-state index >= 15 is 0 Å². The zero-order valence-electron chi connectivity index (χ0n) is 7.44. The summed E-state index contributed by atoms with van der Waals surface area (Å²) < 4.78 is 0. The van der Waals surface area contributed by atoms with Crippen LogP contribution < -0.4 is 0 Å². The molecule has 0 aliphatic heterocycles. The van der Waals surface area contributed by atoms with Crippen LogP contribution in [0, 0.1) is 47.4 Å². The fraction of sp³-hybridized carbons (Fsp3) is 0.0769. The van der Waals surface area contributed by atoms with Gasteiger partial charge in [0.1, 0.15) is 0 Å². The Morgan fingerprint density at radius 1 is 0.846 bits per heavy atom. The number of hydrogen-bond acceptors (Lipinski definition) is 0. The first-order chi connectivity index (χ1) is 6.41. The highest BCUT2D eigenvalue weighted by Gasteiger charge is 1.55. The van der Waals surface area contributed by atoms with Crippen LogP contribution in [-0.4, -0.2) is 0 Å². The fourth-order valence-electron chi connectivity index (χ4n) is 0.373. The van der Waals surface area contributed by atoms with E-state index in [-0.39, 0.29) is 0 Å². The van der Waals surface area contributed by atoms with Crippen LogP contribution >= 0.6 is 0 Å². The molecule has 0 unspecified atom stereocenters. The highest BCUT2D eigenvalue weighted by atomic mass is 13.6. The average molecular weight is 164 g/mol. The van der Waals surface area contributed by atoms with Gasteiger partial charge in [-0.2, -0.15) is 0 Å². The molecule has 0 aromatic rings. The van der Waals surface area contributed by atoms with Crippen LogP contribution in [0.4, 0.5) is 0 Å². The topological polar surface area (TPSA) is 0 Å². The first-order valence-corrected chi connectivity index (χ1v) is 3.65. The third-order valence-corrected chi connectivity index (χ3v) is 0.809. The van der Waals surface area contributed by atoms with Gasteiger partial charge >= 0.3 is 0 Å². The third-order valence-electron chi connectivity index (χ3n) is 0.809. The van der Waals surface area contributed by atoms with Gasteiger partial charge in [-0.25, -0.2) is 0 Å². The number of hydrogen-bond donors (Lipinski definition) is 0. The minimum absolute atomic E-state index is 1.48. The molecule has 0 spiro atoms. The van der Waals surface area contributed by atoms with Crippen molar-refractivity contribution in [2.45, 2.75) is 6.92 Å². The summed E-state index contributed by atoms with van der Waals surface area (Å²) in [6, 6.07) is 0. The zero-order valence-corrected chi connectivity index (χ0v) is 7.44. The summed E-state index contributed by atoms with van der Waals surface area (Å²) in [6.07, 6.45) is 5.05. The van der Waals surface area contributed by atoms with E-state index in [4.69, 9.17) is 0 Å². The van der Waals surface area contributed by atoms with Crippen LogP contribution in [-0.2, 0) is 0 Å². The standard InChI is InChI=1S/C13H8/c1-3-5-7-9-11-13-12-10-8-6-4-2/h3-4,6H,1H2,2H3. The highest BCUT2D eigenvalue weighted by molar-refractivity contribution is 5.41. The second-order valence-corrected chi connectivity index (χ2v) is 1.74. The Kier molecular flexibility index (Phi) is 8.02. The smallest absolute Gasteiger partial charge is 0.0000224 e. The minimum Gasteiger partial charge on any atom is -0.0906 e. The molecule has 0 nitrogen and oxygen atoms in total. The second kappa shape index (κ2) is 9.72. The molecule has 0 atom stereocenters. The molecule has 60 valence electrons. The van der Waals surface area contributed by atoms with Crippen molar-refractivity contribution < 1.29 is 0 Å². The molecule has 0 rings (SSSR count). The summed E-state index contributed by atoms with van der Waals surface area (Å²) in [6.45, 7) is 5.32. The zero-order chi connectivity index (χ0) is 9.78. The normalized spacial score (nSPS) is 5.92. The Hall–Kier alpha value is -2.28. The predicted octanol–water partition coefficient (Wildman–Crippen LogP) is 1.76. The van der Waals surface area contributed by atoms with Gasteiger partial charge in [-0.15, -0.1) is 0 Å². The maximum absolute atomic E-state index is 3.42. The second-order valence-electron chi connectivity index (χ2n) is 1.74. The van der Waals surface area contributed by atoms with Gasteiger partial charge in [0, 0.05) is 0 Å². The largest absolute Gasteiger partial charge is 0.0906 e. The van der Waals surface area contributed by atoms with Crippen LogP contribution in [0.3, 0.4) is 0 Å². The Morgan fingerprint density at radius 3 is 1.92 bits per heavy atom. The van der Waals surface area contributed by atoms with Gasteiger partial charge in [-0.3, -0.25) is 0 Å². The van der Waals surface area contributed by atoms with Gasteiger partial charge < -0.3 is 0 Å². The van der Waals surface area contributed by atoms with Crippen LogP contribution in [0.25, 0.3) is 0 Å².